The van der Waals surface area contributed by atoms with E-state index in [9.17, 15) is 14.0 Å². The van der Waals surface area contributed by atoms with Crippen LogP contribution in [0.2, 0.25) is 0 Å². The SMILES string of the molecule is CCOc1ccccc1NC(=O)N(CCN1CCCC1)CC(=O)N(Cc1ccc(F)cc1)Cc1sccc1C. The van der Waals surface area contributed by atoms with Crippen LogP contribution in [0.15, 0.2) is 60.0 Å². The number of nitrogens with zero attached hydrogens (tertiary/aromatic N) is 3. The Morgan fingerprint density at radius 3 is 2.46 bits per heavy atom. The second kappa shape index (κ2) is 14.1. The highest BCUT2D eigenvalue weighted by molar-refractivity contribution is 7.10. The Bertz CT molecular complexity index is 1230. The van der Waals surface area contributed by atoms with E-state index < -0.39 is 0 Å². The predicted molar refractivity (Wildman–Crippen MR) is 154 cm³/mol. The van der Waals surface area contributed by atoms with Crippen LogP contribution in [0.4, 0.5) is 14.9 Å². The molecule has 1 aromatic heterocycles. The van der Waals surface area contributed by atoms with E-state index in [4.69, 9.17) is 4.74 Å². The van der Waals surface area contributed by atoms with E-state index in [0.29, 0.717) is 44.2 Å². The molecule has 1 saturated heterocycles. The Morgan fingerprint density at radius 1 is 1.03 bits per heavy atom. The number of thiophene rings is 1. The first-order valence-corrected chi connectivity index (χ1v) is 14.4. The molecule has 7 nitrogen and oxygen atoms in total. The summed E-state index contributed by atoms with van der Waals surface area (Å²) in [5.74, 6) is 0.106. The Morgan fingerprint density at radius 2 is 1.77 bits per heavy atom. The van der Waals surface area contributed by atoms with Crippen molar-refractivity contribution in [3.63, 3.8) is 0 Å². The monoisotopic (exact) mass is 552 g/mol. The fourth-order valence-corrected chi connectivity index (χ4v) is 5.53. The first-order valence-electron chi connectivity index (χ1n) is 13.5. The van der Waals surface area contributed by atoms with E-state index >= 15 is 0 Å². The standard InChI is InChI=1S/C30H37FN4O3S/c1-3-38-27-9-5-4-8-26(27)32-30(37)34(18-17-33-15-6-7-16-33)22-29(36)35(21-28-23(2)14-19-39-28)20-24-10-12-25(31)13-11-24/h4-5,8-14,19H,3,6-7,15-18,20-22H2,1-2H3,(H,32,37). The zero-order valence-corrected chi connectivity index (χ0v) is 23.5. The topological polar surface area (TPSA) is 65.1 Å². The molecular weight excluding hydrogens is 515 g/mol. The molecule has 0 atom stereocenters. The van der Waals surface area contributed by atoms with Crippen molar-refractivity contribution in [2.75, 3.05) is 44.6 Å². The third-order valence-electron chi connectivity index (χ3n) is 6.87. The van der Waals surface area contributed by atoms with Gasteiger partial charge >= 0.3 is 6.03 Å². The second-order valence-corrected chi connectivity index (χ2v) is 10.7. The van der Waals surface area contributed by atoms with Gasteiger partial charge < -0.3 is 24.8 Å². The minimum absolute atomic E-state index is 0.0674. The molecule has 9 heteroatoms. The van der Waals surface area contributed by atoms with E-state index in [-0.39, 0.29) is 24.3 Å². The molecule has 0 saturated carbocycles. The largest absolute Gasteiger partial charge is 0.492 e. The smallest absolute Gasteiger partial charge is 0.322 e. The van der Waals surface area contributed by atoms with Gasteiger partial charge in [-0.05, 0) is 86.6 Å². The highest BCUT2D eigenvalue weighted by atomic mass is 32.1. The highest BCUT2D eigenvalue weighted by Gasteiger charge is 2.24. The van der Waals surface area contributed by atoms with Crippen LogP contribution in [-0.4, -0.2) is 66.0 Å². The van der Waals surface area contributed by atoms with Crippen molar-refractivity contribution in [1.82, 2.24) is 14.7 Å². The number of likely N-dealkylation sites (tertiary alicyclic amines) is 1. The molecule has 39 heavy (non-hydrogen) atoms. The Kier molecular flexibility index (Phi) is 10.3. The third kappa shape index (κ3) is 8.28. The van der Waals surface area contributed by atoms with Crippen molar-refractivity contribution in [1.29, 1.82) is 0 Å². The van der Waals surface area contributed by atoms with Crippen molar-refractivity contribution >= 4 is 29.0 Å². The highest BCUT2D eigenvalue weighted by Crippen LogP contribution is 2.24. The maximum Gasteiger partial charge on any atom is 0.322 e. The summed E-state index contributed by atoms with van der Waals surface area (Å²) in [5, 5.41) is 4.97. The number of hydrogen-bond acceptors (Lipinski definition) is 5. The number of rotatable bonds is 12. The van der Waals surface area contributed by atoms with Gasteiger partial charge in [0.15, 0.2) is 0 Å². The van der Waals surface area contributed by atoms with Crippen LogP contribution in [0.25, 0.3) is 0 Å². The summed E-state index contributed by atoms with van der Waals surface area (Å²) in [5.41, 5.74) is 2.52. The summed E-state index contributed by atoms with van der Waals surface area (Å²) in [7, 11) is 0. The van der Waals surface area contributed by atoms with Gasteiger partial charge in [0.1, 0.15) is 18.1 Å². The van der Waals surface area contributed by atoms with E-state index in [1.165, 1.54) is 12.1 Å². The Hall–Kier alpha value is -3.43. The molecule has 0 radical (unpaired) electrons. The van der Waals surface area contributed by atoms with Crippen LogP contribution in [0, 0.1) is 12.7 Å². The second-order valence-electron chi connectivity index (χ2n) is 9.73. The molecule has 1 N–H and O–H groups in total. The summed E-state index contributed by atoms with van der Waals surface area (Å²) in [6.07, 6.45) is 2.30. The molecule has 208 valence electrons. The fourth-order valence-electron chi connectivity index (χ4n) is 4.61. The summed E-state index contributed by atoms with van der Waals surface area (Å²) >= 11 is 1.60. The number of benzene rings is 2. The van der Waals surface area contributed by atoms with Crippen LogP contribution in [0.3, 0.4) is 0 Å². The number of amides is 3. The van der Waals surface area contributed by atoms with E-state index in [0.717, 1.165) is 41.9 Å². The number of urea groups is 1. The van der Waals surface area contributed by atoms with Gasteiger partial charge in [0.2, 0.25) is 5.91 Å². The normalized spacial score (nSPS) is 13.3. The van der Waals surface area contributed by atoms with Gasteiger partial charge in [-0.15, -0.1) is 11.3 Å². The lowest BCUT2D eigenvalue weighted by Crippen LogP contribution is -2.46. The van der Waals surface area contributed by atoms with Crippen LogP contribution >= 0.6 is 11.3 Å². The summed E-state index contributed by atoms with van der Waals surface area (Å²) < 4.78 is 19.2. The third-order valence-corrected chi connectivity index (χ3v) is 7.88. The van der Waals surface area contributed by atoms with Gasteiger partial charge in [-0.25, -0.2) is 9.18 Å². The molecule has 3 aromatic rings. The molecule has 0 unspecified atom stereocenters. The van der Waals surface area contributed by atoms with Crippen LogP contribution in [-0.2, 0) is 17.9 Å². The first kappa shape index (κ1) is 28.6. The minimum Gasteiger partial charge on any atom is -0.492 e. The van der Waals surface area contributed by atoms with Gasteiger partial charge in [-0.2, -0.15) is 0 Å². The minimum atomic E-state index is -0.344. The zero-order chi connectivity index (χ0) is 27.6. The lowest BCUT2D eigenvalue weighted by atomic mass is 10.2. The van der Waals surface area contributed by atoms with Gasteiger partial charge in [-0.1, -0.05) is 24.3 Å². The van der Waals surface area contributed by atoms with Crippen LogP contribution < -0.4 is 10.1 Å². The van der Waals surface area contributed by atoms with E-state index in [1.54, 1.807) is 39.3 Å². The number of ether oxygens (including phenoxy) is 1. The summed E-state index contributed by atoms with van der Waals surface area (Å²) in [6.45, 7) is 8.22. The van der Waals surface area contributed by atoms with Gasteiger partial charge in [-0.3, -0.25) is 4.79 Å². The maximum absolute atomic E-state index is 13.8. The number of carbonyl (C=O) groups excluding carboxylic acids is 2. The number of hydrogen-bond donors (Lipinski definition) is 1. The molecule has 1 fully saturated rings. The lowest BCUT2D eigenvalue weighted by Gasteiger charge is -2.29. The number of carbonyl (C=O) groups is 2. The molecule has 0 spiro atoms. The molecule has 0 aliphatic carbocycles. The Labute approximate surface area is 234 Å². The molecule has 0 bridgehead atoms. The number of aryl methyl sites for hydroxylation is 1. The molecule has 2 heterocycles. The van der Waals surface area contributed by atoms with E-state index in [1.807, 2.05) is 43.5 Å². The molecule has 2 aromatic carbocycles. The predicted octanol–water partition coefficient (Wildman–Crippen LogP) is 5.75. The average molecular weight is 553 g/mol. The van der Waals surface area contributed by atoms with Crippen LogP contribution in [0.5, 0.6) is 5.75 Å². The Balaban J connectivity index is 1.52. The number of anilines is 1. The maximum atomic E-state index is 13.8. The number of nitrogens with one attached hydrogen (secondary N) is 1. The van der Waals surface area contributed by atoms with Gasteiger partial charge in [0.05, 0.1) is 18.8 Å². The first-order chi connectivity index (χ1) is 18.9. The quantitative estimate of drug-likeness (QED) is 0.311. The fraction of sp³-hybridized carbons (Fsp3) is 0.400. The van der Waals surface area contributed by atoms with Crippen molar-refractivity contribution < 1.29 is 18.7 Å². The lowest BCUT2D eigenvalue weighted by molar-refractivity contribution is -0.133. The molecule has 1 aliphatic rings. The molecular formula is C30H37FN4O3S. The van der Waals surface area contributed by atoms with E-state index in [2.05, 4.69) is 10.2 Å². The van der Waals surface area contributed by atoms with Crippen molar-refractivity contribution in [2.24, 2.45) is 0 Å². The van der Waals surface area contributed by atoms with Gasteiger partial charge in [0.25, 0.3) is 0 Å². The number of para-hydroxylation sites is 2. The van der Waals surface area contributed by atoms with Crippen molar-refractivity contribution in [3.8, 4) is 5.75 Å². The molecule has 4 rings (SSSR count). The number of halogens is 1. The van der Waals surface area contributed by atoms with Crippen molar-refractivity contribution in [3.05, 3.63) is 81.8 Å². The van der Waals surface area contributed by atoms with Gasteiger partial charge in [0, 0.05) is 24.5 Å². The van der Waals surface area contributed by atoms with Crippen molar-refractivity contribution in [2.45, 2.75) is 39.8 Å². The summed E-state index contributed by atoms with van der Waals surface area (Å²) in [6, 6.07) is 15.2. The molecule has 1 aliphatic heterocycles. The van der Waals surface area contributed by atoms with Crippen LogP contribution in [0.1, 0.15) is 35.8 Å². The molecule has 3 amide bonds. The summed E-state index contributed by atoms with van der Waals surface area (Å²) in [4.78, 5) is 34.1. The average Bonchev–Trinajstić information content (AvgIpc) is 3.60. The zero-order valence-electron chi connectivity index (χ0n) is 22.7.